The fourth-order valence-corrected chi connectivity index (χ4v) is 2.68. The van der Waals surface area contributed by atoms with Crippen molar-refractivity contribution < 1.29 is 4.52 Å². The van der Waals surface area contributed by atoms with Crippen LogP contribution >= 0.6 is 0 Å². The lowest BCUT2D eigenvalue weighted by molar-refractivity contribution is 0.209. The van der Waals surface area contributed by atoms with E-state index in [1.807, 2.05) is 42.6 Å². The van der Waals surface area contributed by atoms with Gasteiger partial charge in [0, 0.05) is 30.5 Å². The van der Waals surface area contributed by atoms with Gasteiger partial charge in [0.15, 0.2) is 0 Å². The minimum atomic E-state index is 0.613. The molecule has 2 heterocycles. The fraction of sp³-hybridized carbons (Fsp3) is 0.278. The van der Waals surface area contributed by atoms with Crippen molar-refractivity contribution in [2.45, 2.75) is 32.0 Å². The summed E-state index contributed by atoms with van der Waals surface area (Å²) >= 11 is 0. The van der Waals surface area contributed by atoms with Crippen LogP contribution < -0.4 is 0 Å². The molecule has 0 bridgehead atoms. The summed E-state index contributed by atoms with van der Waals surface area (Å²) in [6.07, 6.45) is 6.19. The van der Waals surface area contributed by atoms with Crippen LogP contribution in [0.3, 0.4) is 0 Å². The van der Waals surface area contributed by atoms with E-state index in [9.17, 15) is 0 Å². The maximum atomic E-state index is 5.45. The van der Waals surface area contributed by atoms with Crippen LogP contribution in [0.2, 0.25) is 0 Å². The van der Waals surface area contributed by atoms with Crippen LogP contribution in [0.15, 0.2) is 59.4 Å². The number of pyridine rings is 1. The van der Waals surface area contributed by atoms with Crippen molar-refractivity contribution in [3.05, 3.63) is 66.3 Å². The standard InChI is InChI=1S/C18H18N4O/c1-2-6-15(7-3-1)18-20-17(23-21-18)13-22(16-8-9-16)12-14-5-4-10-19-11-14/h1-7,10-11,16H,8-9,12-13H2. The molecular formula is C18H18N4O. The molecule has 1 saturated carbocycles. The smallest absolute Gasteiger partial charge is 0.241 e. The SMILES string of the molecule is c1ccc(-c2noc(CN(Cc3cccnc3)C3CC3)n2)cc1. The van der Waals surface area contributed by atoms with Gasteiger partial charge in [-0.15, -0.1) is 0 Å². The lowest BCUT2D eigenvalue weighted by Crippen LogP contribution is -2.25. The Morgan fingerprint density at radius 2 is 1.91 bits per heavy atom. The summed E-state index contributed by atoms with van der Waals surface area (Å²) in [6.45, 7) is 1.54. The van der Waals surface area contributed by atoms with E-state index in [-0.39, 0.29) is 0 Å². The number of nitrogens with zero attached hydrogens (tertiary/aromatic N) is 4. The molecule has 0 N–H and O–H groups in total. The quantitative estimate of drug-likeness (QED) is 0.699. The molecule has 5 nitrogen and oxygen atoms in total. The zero-order valence-corrected chi connectivity index (χ0v) is 12.8. The summed E-state index contributed by atoms with van der Waals surface area (Å²) in [7, 11) is 0. The molecule has 3 aromatic rings. The van der Waals surface area contributed by atoms with Gasteiger partial charge in [-0.05, 0) is 24.5 Å². The zero-order valence-electron chi connectivity index (χ0n) is 12.8. The van der Waals surface area contributed by atoms with Gasteiger partial charge in [0.25, 0.3) is 0 Å². The molecule has 1 fully saturated rings. The van der Waals surface area contributed by atoms with Crippen molar-refractivity contribution in [3.8, 4) is 11.4 Å². The second-order valence-corrected chi connectivity index (χ2v) is 5.88. The van der Waals surface area contributed by atoms with Crippen molar-refractivity contribution in [3.63, 3.8) is 0 Å². The average molecular weight is 306 g/mol. The molecule has 2 aromatic heterocycles. The molecule has 0 unspecified atom stereocenters. The van der Waals surface area contributed by atoms with Gasteiger partial charge < -0.3 is 4.52 Å². The summed E-state index contributed by atoms with van der Waals surface area (Å²) in [4.78, 5) is 11.1. The van der Waals surface area contributed by atoms with E-state index in [1.54, 1.807) is 6.20 Å². The van der Waals surface area contributed by atoms with E-state index in [2.05, 4.69) is 26.1 Å². The van der Waals surface area contributed by atoms with Crippen LogP contribution in [0.5, 0.6) is 0 Å². The molecule has 0 aliphatic heterocycles. The lowest BCUT2D eigenvalue weighted by atomic mass is 10.2. The minimum absolute atomic E-state index is 0.613. The Hall–Kier alpha value is -2.53. The first-order valence-corrected chi connectivity index (χ1v) is 7.89. The molecule has 0 spiro atoms. The Morgan fingerprint density at radius 3 is 2.65 bits per heavy atom. The Balaban J connectivity index is 1.48. The number of hydrogen-bond acceptors (Lipinski definition) is 5. The minimum Gasteiger partial charge on any atom is -0.338 e. The largest absolute Gasteiger partial charge is 0.338 e. The highest BCUT2D eigenvalue weighted by atomic mass is 16.5. The first-order chi connectivity index (χ1) is 11.4. The van der Waals surface area contributed by atoms with Crippen LogP contribution in [0.4, 0.5) is 0 Å². The molecular weight excluding hydrogens is 288 g/mol. The third-order valence-electron chi connectivity index (χ3n) is 4.01. The van der Waals surface area contributed by atoms with Gasteiger partial charge in [0.2, 0.25) is 11.7 Å². The van der Waals surface area contributed by atoms with Gasteiger partial charge in [-0.3, -0.25) is 9.88 Å². The second-order valence-electron chi connectivity index (χ2n) is 5.88. The first-order valence-electron chi connectivity index (χ1n) is 7.89. The van der Waals surface area contributed by atoms with Crippen LogP contribution in [0, 0.1) is 0 Å². The maximum Gasteiger partial charge on any atom is 0.241 e. The summed E-state index contributed by atoms with van der Waals surface area (Å²) in [5.41, 5.74) is 2.19. The van der Waals surface area contributed by atoms with Crippen molar-refractivity contribution in [1.82, 2.24) is 20.0 Å². The van der Waals surface area contributed by atoms with E-state index in [0.717, 1.165) is 12.1 Å². The van der Waals surface area contributed by atoms with E-state index in [0.29, 0.717) is 24.3 Å². The summed E-state index contributed by atoms with van der Waals surface area (Å²) < 4.78 is 5.45. The molecule has 0 amide bonds. The van der Waals surface area contributed by atoms with Crippen molar-refractivity contribution in [2.24, 2.45) is 0 Å². The Morgan fingerprint density at radius 1 is 1.04 bits per heavy atom. The second kappa shape index (κ2) is 6.30. The Kier molecular flexibility index (Phi) is 3.86. The van der Waals surface area contributed by atoms with Gasteiger partial charge in [0.1, 0.15) is 0 Å². The van der Waals surface area contributed by atoms with E-state index < -0.39 is 0 Å². The van der Waals surface area contributed by atoms with Gasteiger partial charge in [-0.2, -0.15) is 4.98 Å². The highest BCUT2D eigenvalue weighted by molar-refractivity contribution is 5.53. The van der Waals surface area contributed by atoms with Crippen LogP contribution in [0.1, 0.15) is 24.3 Å². The van der Waals surface area contributed by atoms with Crippen LogP contribution in [-0.4, -0.2) is 26.1 Å². The summed E-state index contributed by atoms with van der Waals surface area (Å²) in [5.74, 6) is 1.32. The summed E-state index contributed by atoms with van der Waals surface area (Å²) in [6, 6.07) is 14.6. The molecule has 0 atom stereocenters. The monoisotopic (exact) mass is 306 g/mol. The van der Waals surface area contributed by atoms with Gasteiger partial charge >= 0.3 is 0 Å². The molecule has 1 aliphatic rings. The number of hydrogen-bond donors (Lipinski definition) is 0. The molecule has 1 aliphatic carbocycles. The number of benzene rings is 1. The Labute approximate surface area is 135 Å². The van der Waals surface area contributed by atoms with Crippen LogP contribution in [-0.2, 0) is 13.1 Å². The van der Waals surface area contributed by atoms with E-state index in [4.69, 9.17) is 4.52 Å². The Bertz CT molecular complexity index is 753. The number of rotatable bonds is 6. The van der Waals surface area contributed by atoms with Gasteiger partial charge in [-0.1, -0.05) is 41.6 Å². The third-order valence-corrected chi connectivity index (χ3v) is 4.01. The van der Waals surface area contributed by atoms with E-state index >= 15 is 0 Å². The molecule has 0 saturated heterocycles. The molecule has 116 valence electrons. The molecule has 5 heteroatoms. The molecule has 23 heavy (non-hydrogen) atoms. The topological polar surface area (TPSA) is 55.1 Å². The highest BCUT2D eigenvalue weighted by Crippen LogP contribution is 2.29. The first kappa shape index (κ1) is 14.1. The molecule has 4 rings (SSSR count). The molecule has 1 aromatic carbocycles. The highest BCUT2D eigenvalue weighted by Gasteiger charge is 2.30. The fourth-order valence-electron chi connectivity index (χ4n) is 2.68. The lowest BCUT2D eigenvalue weighted by Gasteiger charge is -2.19. The zero-order chi connectivity index (χ0) is 15.5. The average Bonchev–Trinajstić information content (AvgIpc) is 3.35. The van der Waals surface area contributed by atoms with Gasteiger partial charge in [-0.25, -0.2) is 0 Å². The van der Waals surface area contributed by atoms with Crippen molar-refractivity contribution in [2.75, 3.05) is 0 Å². The number of aromatic nitrogens is 3. The maximum absolute atomic E-state index is 5.45. The summed E-state index contributed by atoms with van der Waals surface area (Å²) in [5, 5.41) is 4.10. The van der Waals surface area contributed by atoms with Crippen molar-refractivity contribution >= 4 is 0 Å². The third kappa shape index (κ3) is 3.46. The van der Waals surface area contributed by atoms with E-state index in [1.165, 1.54) is 18.4 Å². The molecule has 0 radical (unpaired) electrons. The predicted octanol–water partition coefficient (Wildman–Crippen LogP) is 3.30. The van der Waals surface area contributed by atoms with Crippen LogP contribution in [0.25, 0.3) is 11.4 Å². The van der Waals surface area contributed by atoms with Crippen molar-refractivity contribution in [1.29, 1.82) is 0 Å². The normalized spacial score (nSPS) is 14.3. The van der Waals surface area contributed by atoms with Gasteiger partial charge in [0.05, 0.1) is 6.54 Å². The predicted molar refractivity (Wildman–Crippen MR) is 86.2 cm³/mol.